The van der Waals surface area contributed by atoms with Crippen molar-refractivity contribution in [3.05, 3.63) is 66.2 Å². The minimum absolute atomic E-state index is 0.296. The average Bonchev–Trinajstić information content (AvgIpc) is 2.67. The van der Waals surface area contributed by atoms with Gasteiger partial charge < -0.3 is 14.4 Å². The first-order valence-electron chi connectivity index (χ1n) is 8.13. The minimum Gasteiger partial charge on any atom is -0.461 e. The topological polar surface area (TPSA) is 51.7 Å². The molecule has 0 atom stereocenters. The number of nitrogens with zero attached hydrogens (tertiary/aromatic N) is 2. The van der Waals surface area contributed by atoms with Crippen LogP contribution in [0.4, 0.5) is 5.82 Å². The first-order valence-corrected chi connectivity index (χ1v) is 8.13. The number of rotatable bonds is 6. The molecular weight excluding hydrogens is 304 g/mol. The van der Waals surface area contributed by atoms with Crippen molar-refractivity contribution in [3.63, 3.8) is 0 Å². The SMILES string of the molecule is O=C([CH]Cc1ccc(N2CCOCC2)nc1)OCc1ccccc1. The Morgan fingerprint density at radius 3 is 2.62 bits per heavy atom. The molecule has 1 fully saturated rings. The Bertz CT molecular complexity index is 637. The van der Waals surface area contributed by atoms with E-state index < -0.39 is 0 Å². The van der Waals surface area contributed by atoms with Gasteiger partial charge in [0.15, 0.2) is 0 Å². The number of hydrogen-bond donors (Lipinski definition) is 0. The van der Waals surface area contributed by atoms with E-state index in [0.717, 1.165) is 43.2 Å². The van der Waals surface area contributed by atoms with Crippen LogP contribution in [0.5, 0.6) is 0 Å². The maximum atomic E-state index is 11.8. The second-order valence-corrected chi connectivity index (χ2v) is 5.63. The summed E-state index contributed by atoms with van der Waals surface area (Å²) in [6.07, 6.45) is 3.88. The van der Waals surface area contributed by atoms with Gasteiger partial charge in [-0.1, -0.05) is 36.4 Å². The molecule has 3 rings (SSSR count). The molecule has 1 aromatic heterocycles. The van der Waals surface area contributed by atoms with E-state index in [9.17, 15) is 4.79 Å². The highest BCUT2D eigenvalue weighted by Crippen LogP contribution is 2.14. The third-order valence-corrected chi connectivity index (χ3v) is 3.87. The van der Waals surface area contributed by atoms with Crippen LogP contribution in [0.25, 0.3) is 0 Å². The van der Waals surface area contributed by atoms with Crippen molar-refractivity contribution < 1.29 is 14.3 Å². The number of aromatic nitrogens is 1. The van der Waals surface area contributed by atoms with Crippen molar-refractivity contribution in [3.8, 4) is 0 Å². The number of ether oxygens (including phenoxy) is 2. The van der Waals surface area contributed by atoms with Crippen LogP contribution in [0.1, 0.15) is 11.1 Å². The third kappa shape index (κ3) is 4.80. The van der Waals surface area contributed by atoms with Crippen molar-refractivity contribution in [2.45, 2.75) is 13.0 Å². The molecule has 5 heteroatoms. The van der Waals surface area contributed by atoms with Crippen LogP contribution in [0.15, 0.2) is 48.7 Å². The number of carbonyl (C=O) groups is 1. The van der Waals surface area contributed by atoms with E-state index in [-0.39, 0.29) is 5.97 Å². The second-order valence-electron chi connectivity index (χ2n) is 5.63. The van der Waals surface area contributed by atoms with Gasteiger partial charge >= 0.3 is 5.97 Å². The number of benzene rings is 1. The highest BCUT2D eigenvalue weighted by atomic mass is 16.5. The summed E-state index contributed by atoms with van der Waals surface area (Å²) in [6, 6.07) is 13.6. The first kappa shape index (κ1) is 16.5. The molecular formula is C19H21N2O3. The van der Waals surface area contributed by atoms with E-state index in [2.05, 4.69) is 9.88 Å². The van der Waals surface area contributed by atoms with Crippen LogP contribution in [-0.4, -0.2) is 37.3 Å². The van der Waals surface area contributed by atoms with Gasteiger partial charge in [0.25, 0.3) is 0 Å². The maximum absolute atomic E-state index is 11.8. The average molecular weight is 325 g/mol. The number of morpholine rings is 1. The molecule has 2 aromatic rings. The summed E-state index contributed by atoms with van der Waals surface area (Å²) in [7, 11) is 0. The summed E-state index contributed by atoms with van der Waals surface area (Å²) in [5.41, 5.74) is 1.97. The van der Waals surface area contributed by atoms with Crippen LogP contribution < -0.4 is 4.90 Å². The van der Waals surface area contributed by atoms with Gasteiger partial charge in [-0.05, 0) is 23.6 Å². The monoisotopic (exact) mass is 325 g/mol. The third-order valence-electron chi connectivity index (χ3n) is 3.87. The molecule has 1 aromatic carbocycles. The molecule has 5 nitrogen and oxygen atoms in total. The lowest BCUT2D eigenvalue weighted by atomic mass is 10.1. The fourth-order valence-corrected chi connectivity index (χ4v) is 2.51. The van der Waals surface area contributed by atoms with Crippen LogP contribution >= 0.6 is 0 Å². The van der Waals surface area contributed by atoms with E-state index in [0.29, 0.717) is 13.0 Å². The van der Waals surface area contributed by atoms with Gasteiger partial charge in [-0.15, -0.1) is 0 Å². The number of anilines is 1. The van der Waals surface area contributed by atoms with Gasteiger partial charge in [0.2, 0.25) is 0 Å². The predicted octanol–water partition coefficient (Wildman–Crippen LogP) is 2.41. The van der Waals surface area contributed by atoms with E-state index in [1.165, 1.54) is 0 Å². The second kappa shape index (κ2) is 8.45. The molecule has 0 aliphatic carbocycles. The van der Waals surface area contributed by atoms with Gasteiger partial charge in [0.05, 0.1) is 19.6 Å². The maximum Gasteiger partial charge on any atom is 0.310 e. The molecule has 1 saturated heterocycles. The largest absolute Gasteiger partial charge is 0.461 e. The summed E-state index contributed by atoms with van der Waals surface area (Å²) in [5, 5.41) is 0. The van der Waals surface area contributed by atoms with E-state index in [1.54, 1.807) is 6.42 Å². The van der Waals surface area contributed by atoms with Crippen LogP contribution in [0.3, 0.4) is 0 Å². The van der Waals surface area contributed by atoms with Crippen molar-refractivity contribution in [2.24, 2.45) is 0 Å². The first-order chi connectivity index (χ1) is 11.8. The normalized spacial score (nSPS) is 14.4. The molecule has 0 amide bonds. The summed E-state index contributed by atoms with van der Waals surface area (Å²) < 4.78 is 10.6. The van der Waals surface area contributed by atoms with Crippen LogP contribution in [0, 0.1) is 6.42 Å². The predicted molar refractivity (Wildman–Crippen MR) is 91.5 cm³/mol. The zero-order chi connectivity index (χ0) is 16.6. The molecule has 1 aliphatic heterocycles. The Hall–Kier alpha value is -2.40. The molecule has 0 N–H and O–H groups in total. The van der Waals surface area contributed by atoms with E-state index in [4.69, 9.17) is 9.47 Å². The molecule has 1 aliphatic rings. The molecule has 0 spiro atoms. The fraction of sp³-hybridized carbons (Fsp3) is 0.316. The van der Waals surface area contributed by atoms with Crippen LogP contribution in [-0.2, 0) is 27.3 Å². The number of carbonyl (C=O) groups excluding carboxylic acids is 1. The van der Waals surface area contributed by atoms with Crippen molar-refractivity contribution in [1.29, 1.82) is 0 Å². The Balaban J connectivity index is 1.43. The molecule has 0 unspecified atom stereocenters. The summed E-state index contributed by atoms with van der Waals surface area (Å²) in [4.78, 5) is 18.5. The Kier molecular flexibility index (Phi) is 5.80. The Morgan fingerprint density at radius 1 is 1.12 bits per heavy atom. The molecule has 0 saturated carbocycles. The summed E-state index contributed by atoms with van der Waals surface area (Å²) in [6.45, 7) is 3.51. The molecule has 2 heterocycles. The number of hydrogen-bond acceptors (Lipinski definition) is 5. The van der Waals surface area contributed by atoms with Gasteiger partial charge in [0.1, 0.15) is 12.4 Å². The summed E-state index contributed by atoms with van der Waals surface area (Å²) >= 11 is 0. The lowest BCUT2D eigenvalue weighted by molar-refractivity contribution is -0.140. The zero-order valence-corrected chi connectivity index (χ0v) is 13.6. The summed E-state index contributed by atoms with van der Waals surface area (Å²) in [5.74, 6) is 0.643. The number of esters is 1. The van der Waals surface area contributed by atoms with Gasteiger partial charge in [-0.3, -0.25) is 4.79 Å². The lowest BCUT2D eigenvalue weighted by Crippen LogP contribution is -2.36. The quantitative estimate of drug-likeness (QED) is 0.764. The van der Waals surface area contributed by atoms with E-state index in [1.807, 2.05) is 48.7 Å². The standard InChI is InChI=1S/C19H21N2O3/c22-19(24-15-17-4-2-1-3-5-17)9-7-16-6-8-18(20-14-16)21-10-12-23-13-11-21/h1-6,8-9,14H,7,10-13,15H2. The zero-order valence-electron chi connectivity index (χ0n) is 13.6. The molecule has 0 bridgehead atoms. The molecule has 125 valence electrons. The van der Waals surface area contributed by atoms with Crippen molar-refractivity contribution in [2.75, 3.05) is 31.2 Å². The lowest BCUT2D eigenvalue weighted by Gasteiger charge is -2.27. The highest BCUT2D eigenvalue weighted by molar-refractivity contribution is 5.79. The van der Waals surface area contributed by atoms with E-state index >= 15 is 0 Å². The molecule has 24 heavy (non-hydrogen) atoms. The Morgan fingerprint density at radius 2 is 1.92 bits per heavy atom. The smallest absolute Gasteiger partial charge is 0.310 e. The van der Waals surface area contributed by atoms with Crippen molar-refractivity contribution >= 4 is 11.8 Å². The van der Waals surface area contributed by atoms with Gasteiger partial charge in [-0.25, -0.2) is 4.98 Å². The number of pyridine rings is 1. The minimum atomic E-state index is -0.309. The van der Waals surface area contributed by atoms with Gasteiger partial charge in [0, 0.05) is 19.3 Å². The molecule has 1 radical (unpaired) electrons. The van der Waals surface area contributed by atoms with Crippen LogP contribution in [0.2, 0.25) is 0 Å². The fourth-order valence-electron chi connectivity index (χ4n) is 2.51. The Labute approximate surface area is 142 Å². The highest BCUT2D eigenvalue weighted by Gasteiger charge is 2.12. The van der Waals surface area contributed by atoms with Crippen molar-refractivity contribution in [1.82, 2.24) is 4.98 Å². The van der Waals surface area contributed by atoms with Gasteiger partial charge in [-0.2, -0.15) is 0 Å².